The van der Waals surface area contributed by atoms with Crippen molar-refractivity contribution in [2.45, 2.75) is 33.2 Å². The molecule has 1 aliphatic rings. The number of thiazole rings is 1. The molecule has 1 atom stereocenters. The van der Waals surface area contributed by atoms with Crippen molar-refractivity contribution in [3.63, 3.8) is 0 Å². The topological polar surface area (TPSA) is 39.7 Å². The van der Waals surface area contributed by atoms with Gasteiger partial charge in [0.05, 0.1) is 11.7 Å². The van der Waals surface area contributed by atoms with E-state index in [4.69, 9.17) is 0 Å². The average molecular weight is 373 g/mol. The standard InChI is InChI=1S/C20H28N4OS/c1-4-24(18-9-6-5-7-10-18)19(25)17(3)22-11-8-12-23(14-13-22)20-21-16(2)15-26-20/h5-7,9-10,15,17H,4,8,11-14H2,1-3H3. The molecule has 1 unspecified atom stereocenters. The number of rotatable bonds is 5. The van der Waals surface area contributed by atoms with E-state index in [1.54, 1.807) is 11.3 Å². The fraction of sp³-hybridized carbons (Fsp3) is 0.500. The summed E-state index contributed by atoms with van der Waals surface area (Å²) in [6, 6.07) is 9.83. The summed E-state index contributed by atoms with van der Waals surface area (Å²) in [5.41, 5.74) is 2.05. The van der Waals surface area contributed by atoms with Gasteiger partial charge in [-0.05, 0) is 39.3 Å². The molecule has 0 spiro atoms. The maximum absolute atomic E-state index is 13.1. The minimum absolute atomic E-state index is 0.117. The van der Waals surface area contributed by atoms with Gasteiger partial charge < -0.3 is 9.80 Å². The van der Waals surface area contributed by atoms with E-state index in [9.17, 15) is 4.79 Å². The van der Waals surface area contributed by atoms with Crippen LogP contribution in [-0.4, -0.2) is 54.6 Å². The van der Waals surface area contributed by atoms with Crippen molar-refractivity contribution in [2.24, 2.45) is 0 Å². The molecule has 1 saturated heterocycles. The van der Waals surface area contributed by atoms with Gasteiger partial charge in [0, 0.05) is 43.8 Å². The van der Waals surface area contributed by atoms with E-state index in [-0.39, 0.29) is 11.9 Å². The van der Waals surface area contributed by atoms with Gasteiger partial charge in [-0.15, -0.1) is 11.3 Å². The first-order valence-corrected chi connectivity index (χ1v) is 10.3. The number of anilines is 2. The number of nitrogens with zero attached hydrogens (tertiary/aromatic N) is 4. The highest BCUT2D eigenvalue weighted by molar-refractivity contribution is 7.13. The molecule has 26 heavy (non-hydrogen) atoms. The Morgan fingerprint density at radius 3 is 2.65 bits per heavy atom. The third-order valence-corrected chi connectivity index (χ3v) is 5.98. The van der Waals surface area contributed by atoms with Gasteiger partial charge in [-0.3, -0.25) is 9.69 Å². The lowest BCUT2D eigenvalue weighted by atomic mass is 10.2. The van der Waals surface area contributed by atoms with Crippen LogP contribution < -0.4 is 9.80 Å². The number of hydrogen-bond acceptors (Lipinski definition) is 5. The Bertz CT molecular complexity index is 718. The van der Waals surface area contributed by atoms with Crippen molar-refractivity contribution < 1.29 is 4.79 Å². The molecular weight excluding hydrogens is 344 g/mol. The number of hydrogen-bond donors (Lipinski definition) is 0. The normalized spacial score (nSPS) is 17.0. The summed E-state index contributed by atoms with van der Waals surface area (Å²) in [4.78, 5) is 24.3. The summed E-state index contributed by atoms with van der Waals surface area (Å²) in [7, 11) is 0. The van der Waals surface area contributed by atoms with Crippen molar-refractivity contribution in [3.05, 3.63) is 41.4 Å². The molecule has 0 saturated carbocycles. The van der Waals surface area contributed by atoms with Crippen molar-refractivity contribution in [1.29, 1.82) is 0 Å². The van der Waals surface area contributed by atoms with Crippen molar-refractivity contribution in [1.82, 2.24) is 9.88 Å². The molecule has 1 aromatic heterocycles. The largest absolute Gasteiger partial charge is 0.347 e. The second kappa shape index (κ2) is 8.64. The van der Waals surface area contributed by atoms with Gasteiger partial charge in [0.1, 0.15) is 0 Å². The molecule has 2 aromatic rings. The number of aromatic nitrogens is 1. The van der Waals surface area contributed by atoms with Gasteiger partial charge in [0.2, 0.25) is 5.91 Å². The summed E-state index contributed by atoms with van der Waals surface area (Å²) < 4.78 is 0. The van der Waals surface area contributed by atoms with Crippen LogP contribution in [0.3, 0.4) is 0 Å². The van der Waals surface area contributed by atoms with Crippen LogP contribution in [-0.2, 0) is 4.79 Å². The zero-order valence-electron chi connectivity index (χ0n) is 15.9. The van der Waals surface area contributed by atoms with Crippen LogP contribution in [0.1, 0.15) is 26.0 Å². The molecule has 1 fully saturated rings. The quantitative estimate of drug-likeness (QED) is 0.806. The Kier molecular flexibility index (Phi) is 6.27. The molecule has 1 amide bonds. The van der Waals surface area contributed by atoms with Gasteiger partial charge in [0.15, 0.2) is 5.13 Å². The average Bonchev–Trinajstić information content (AvgIpc) is 2.94. The van der Waals surface area contributed by atoms with E-state index in [2.05, 4.69) is 20.2 Å². The van der Waals surface area contributed by atoms with Crippen LogP contribution in [0.2, 0.25) is 0 Å². The van der Waals surface area contributed by atoms with Crippen molar-refractivity contribution in [2.75, 3.05) is 42.5 Å². The number of amides is 1. The number of aryl methyl sites for hydroxylation is 1. The highest BCUT2D eigenvalue weighted by Gasteiger charge is 2.28. The summed E-state index contributed by atoms with van der Waals surface area (Å²) in [5.74, 6) is 0.178. The number of likely N-dealkylation sites (N-methyl/N-ethyl adjacent to an activating group) is 1. The Balaban J connectivity index is 1.65. The van der Waals surface area contributed by atoms with Crippen LogP contribution >= 0.6 is 11.3 Å². The summed E-state index contributed by atoms with van der Waals surface area (Å²) in [6.45, 7) is 10.5. The lowest BCUT2D eigenvalue weighted by Crippen LogP contribution is -2.48. The Morgan fingerprint density at radius 2 is 2.00 bits per heavy atom. The van der Waals surface area contributed by atoms with Gasteiger partial charge in [-0.2, -0.15) is 0 Å². The third-order valence-electron chi connectivity index (χ3n) is 4.96. The summed E-state index contributed by atoms with van der Waals surface area (Å²) in [6.07, 6.45) is 1.05. The van der Waals surface area contributed by atoms with Crippen LogP contribution in [0.4, 0.5) is 10.8 Å². The predicted molar refractivity (Wildman–Crippen MR) is 109 cm³/mol. The molecule has 6 heteroatoms. The lowest BCUT2D eigenvalue weighted by molar-refractivity contribution is -0.123. The van der Waals surface area contributed by atoms with E-state index < -0.39 is 0 Å². The Hall–Kier alpha value is -1.92. The Morgan fingerprint density at radius 1 is 1.23 bits per heavy atom. The molecular formula is C20H28N4OS. The van der Waals surface area contributed by atoms with Crippen molar-refractivity contribution >= 4 is 28.1 Å². The first kappa shape index (κ1) is 18.9. The molecule has 1 aliphatic heterocycles. The molecule has 5 nitrogen and oxygen atoms in total. The van der Waals surface area contributed by atoms with Crippen molar-refractivity contribution in [3.8, 4) is 0 Å². The monoisotopic (exact) mass is 372 g/mol. The number of carbonyl (C=O) groups excluding carboxylic acids is 1. The molecule has 140 valence electrons. The highest BCUT2D eigenvalue weighted by Crippen LogP contribution is 2.22. The van der Waals surface area contributed by atoms with Gasteiger partial charge >= 0.3 is 0 Å². The van der Waals surface area contributed by atoms with Crippen LogP contribution in [0.25, 0.3) is 0 Å². The van der Waals surface area contributed by atoms with Gasteiger partial charge in [-0.1, -0.05) is 18.2 Å². The minimum Gasteiger partial charge on any atom is -0.347 e. The smallest absolute Gasteiger partial charge is 0.244 e. The highest BCUT2D eigenvalue weighted by atomic mass is 32.1. The molecule has 3 rings (SSSR count). The summed E-state index contributed by atoms with van der Waals surface area (Å²) >= 11 is 1.71. The fourth-order valence-corrected chi connectivity index (χ4v) is 4.32. The van der Waals surface area contributed by atoms with E-state index in [1.807, 2.05) is 56.0 Å². The summed E-state index contributed by atoms with van der Waals surface area (Å²) in [5, 5.41) is 3.20. The third kappa shape index (κ3) is 4.24. The van der Waals surface area contributed by atoms with E-state index >= 15 is 0 Å². The molecule has 0 aliphatic carbocycles. The molecule has 0 radical (unpaired) electrons. The predicted octanol–water partition coefficient (Wildman–Crippen LogP) is 3.41. The van der Waals surface area contributed by atoms with Crippen LogP contribution in [0.15, 0.2) is 35.7 Å². The molecule has 1 aromatic carbocycles. The second-order valence-electron chi connectivity index (χ2n) is 6.74. The first-order valence-electron chi connectivity index (χ1n) is 9.37. The van der Waals surface area contributed by atoms with Gasteiger partial charge in [-0.25, -0.2) is 4.98 Å². The number of benzene rings is 1. The van der Waals surface area contributed by atoms with Gasteiger partial charge in [0.25, 0.3) is 0 Å². The number of carbonyl (C=O) groups is 1. The molecule has 0 bridgehead atoms. The fourth-order valence-electron chi connectivity index (χ4n) is 3.46. The molecule has 2 heterocycles. The number of para-hydroxylation sites is 1. The maximum Gasteiger partial charge on any atom is 0.244 e. The van der Waals surface area contributed by atoms with E-state index in [0.29, 0.717) is 6.54 Å². The van der Waals surface area contributed by atoms with E-state index in [0.717, 1.165) is 49.1 Å². The zero-order valence-corrected chi connectivity index (χ0v) is 16.7. The second-order valence-corrected chi connectivity index (χ2v) is 7.58. The minimum atomic E-state index is -0.117. The van der Waals surface area contributed by atoms with Crippen LogP contribution in [0, 0.1) is 6.92 Å². The first-order chi connectivity index (χ1) is 12.6. The zero-order chi connectivity index (χ0) is 18.5. The molecule has 0 N–H and O–H groups in total. The van der Waals surface area contributed by atoms with E-state index in [1.165, 1.54) is 0 Å². The Labute approximate surface area is 160 Å². The SMILES string of the molecule is CCN(C(=O)C(C)N1CCCN(c2nc(C)cs2)CC1)c1ccccc1. The lowest BCUT2D eigenvalue weighted by Gasteiger charge is -2.31. The maximum atomic E-state index is 13.1. The van der Waals surface area contributed by atoms with Crippen LogP contribution in [0.5, 0.6) is 0 Å².